The summed E-state index contributed by atoms with van der Waals surface area (Å²) in [5.41, 5.74) is 6.89. The normalized spacial score (nSPS) is 20.7. The minimum Gasteiger partial charge on any atom is -0.435 e. The highest BCUT2D eigenvalue weighted by Gasteiger charge is 2.17. The predicted molar refractivity (Wildman–Crippen MR) is 68.2 cm³/mol. The summed E-state index contributed by atoms with van der Waals surface area (Å²) in [6.45, 7) is -1.98. The fourth-order valence-electron chi connectivity index (χ4n) is 2.33. The average Bonchev–Trinajstić information content (AvgIpc) is 2.88. The van der Waals surface area contributed by atoms with Crippen LogP contribution in [0.3, 0.4) is 0 Å². The van der Waals surface area contributed by atoms with Crippen LogP contribution < -0.4 is 10.5 Å². The molecule has 1 saturated heterocycles. The number of hydrogen-bond acceptors (Lipinski definition) is 3. The third-order valence-electron chi connectivity index (χ3n) is 3.34. The van der Waals surface area contributed by atoms with Crippen LogP contribution in [-0.4, -0.2) is 19.3 Å². The lowest BCUT2D eigenvalue weighted by Gasteiger charge is -2.16. The zero-order chi connectivity index (χ0) is 13.7. The first-order valence-electron chi connectivity index (χ1n) is 6.57. The number of benzene rings is 1. The van der Waals surface area contributed by atoms with E-state index in [2.05, 4.69) is 4.74 Å². The molecular formula is C14H19F2NO2. The van der Waals surface area contributed by atoms with Crippen LogP contribution in [0.1, 0.15) is 37.3 Å². The van der Waals surface area contributed by atoms with E-state index in [-0.39, 0.29) is 11.8 Å². The summed E-state index contributed by atoms with van der Waals surface area (Å²) >= 11 is 0. The van der Waals surface area contributed by atoms with Crippen LogP contribution in [0, 0.1) is 0 Å². The van der Waals surface area contributed by atoms with E-state index in [0.717, 1.165) is 37.9 Å². The number of halogens is 2. The van der Waals surface area contributed by atoms with Crippen LogP contribution in [0.4, 0.5) is 8.78 Å². The van der Waals surface area contributed by atoms with Crippen molar-refractivity contribution in [3.05, 3.63) is 29.8 Å². The van der Waals surface area contributed by atoms with Crippen molar-refractivity contribution in [1.82, 2.24) is 0 Å². The maximum absolute atomic E-state index is 12.1. The van der Waals surface area contributed by atoms with Gasteiger partial charge in [0.1, 0.15) is 5.75 Å². The van der Waals surface area contributed by atoms with Crippen molar-refractivity contribution in [2.45, 2.75) is 44.4 Å². The number of alkyl halides is 2. The average molecular weight is 271 g/mol. The van der Waals surface area contributed by atoms with Crippen molar-refractivity contribution >= 4 is 0 Å². The smallest absolute Gasteiger partial charge is 0.387 e. The zero-order valence-corrected chi connectivity index (χ0v) is 10.7. The fourth-order valence-corrected chi connectivity index (χ4v) is 2.33. The second-order valence-corrected chi connectivity index (χ2v) is 4.77. The van der Waals surface area contributed by atoms with Crippen LogP contribution in [0.25, 0.3) is 0 Å². The van der Waals surface area contributed by atoms with E-state index in [4.69, 9.17) is 10.5 Å². The van der Waals surface area contributed by atoms with Gasteiger partial charge in [0, 0.05) is 12.6 Å². The van der Waals surface area contributed by atoms with Gasteiger partial charge in [-0.15, -0.1) is 0 Å². The number of hydrogen-bond donors (Lipinski definition) is 1. The molecule has 1 fully saturated rings. The first-order valence-corrected chi connectivity index (χ1v) is 6.57. The molecule has 1 aliphatic heterocycles. The molecule has 0 radical (unpaired) electrons. The van der Waals surface area contributed by atoms with E-state index >= 15 is 0 Å². The van der Waals surface area contributed by atoms with Crippen molar-refractivity contribution in [3.8, 4) is 5.75 Å². The molecule has 0 amide bonds. The number of nitrogens with two attached hydrogens (primary N) is 1. The number of rotatable bonds is 6. The maximum atomic E-state index is 12.1. The Morgan fingerprint density at radius 1 is 1.42 bits per heavy atom. The van der Waals surface area contributed by atoms with Gasteiger partial charge in [-0.25, -0.2) is 0 Å². The lowest BCUT2D eigenvalue weighted by Crippen LogP contribution is -2.14. The van der Waals surface area contributed by atoms with Crippen LogP contribution in [0.15, 0.2) is 24.3 Å². The highest BCUT2D eigenvalue weighted by Crippen LogP contribution is 2.25. The van der Waals surface area contributed by atoms with E-state index in [1.165, 1.54) is 6.07 Å². The molecule has 2 rings (SSSR count). The Balaban J connectivity index is 1.88. The van der Waals surface area contributed by atoms with E-state index in [9.17, 15) is 8.78 Å². The van der Waals surface area contributed by atoms with E-state index < -0.39 is 6.61 Å². The van der Waals surface area contributed by atoms with Gasteiger partial charge in [0.2, 0.25) is 0 Å². The molecular weight excluding hydrogens is 252 g/mol. The molecule has 19 heavy (non-hydrogen) atoms. The van der Waals surface area contributed by atoms with Crippen molar-refractivity contribution in [2.75, 3.05) is 6.61 Å². The van der Waals surface area contributed by atoms with Crippen molar-refractivity contribution < 1.29 is 18.3 Å². The molecule has 0 aliphatic carbocycles. The lowest BCUT2D eigenvalue weighted by atomic mass is 10.00. The summed E-state index contributed by atoms with van der Waals surface area (Å²) in [7, 11) is 0. The largest absolute Gasteiger partial charge is 0.435 e. The van der Waals surface area contributed by atoms with Crippen molar-refractivity contribution in [1.29, 1.82) is 0 Å². The molecule has 2 N–H and O–H groups in total. The van der Waals surface area contributed by atoms with Crippen LogP contribution in [0.2, 0.25) is 0 Å². The molecule has 3 nitrogen and oxygen atoms in total. The second kappa shape index (κ2) is 6.82. The van der Waals surface area contributed by atoms with Gasteiger partial charge in [0.25, 0.3) is 0 Å². The molecule has 1 aliphatic rings. The van der Waals surface area contributed by atoms with Crippen molar-refractivity contribution in [3.63, 3.8) is 0 Å². The standard InChI is InChI=1S/C14H19F2NO2/c15-14(16)19-12-4-1-3-10(9-12)13(17)7-6-11-5-2-8-18-11/h1,3-4,9,11,13-14H,2,5-8,17H2. The first-order chi connectivity index (χ1) is 9.15. The van der Waals surface area contributed by atoms with Gasteiger partial charge in [0.15, 0.2) is 0 Å². The van der Waals surface area contributed by atoms with Crippen LogP contribution in [0.5, 0.6) is 5.75 Å². The van der Waals surface area contributed by atoms with Gasteiger partial charge in [-0.2, -0.15) is 8.78 Å². The Kier molecular flexibility index (Phi) is 5.10. The molecule has 0 saturated carbocycles. The Labute approximate surface area is 111 Å². The highest BCUT2D eigenvalue weighted by molar-refractivity contribution is 5.30. The zero-order valence-electron chi connectivity index (χ0n) is 10.7. The maximum Gasteiger partial charge on any atom is 0.387 e. The van der Waals surface area contributed by atoms with E-state index in [0.29, 0.717) is 6.10 Å². The second-order valence-electron chi connectivity index (χ2n) is 4.77. The highest BCUT2D eigenvalue weighted by atomic mass is 19.3. The molecule has 106 valence electrons. The molecule has 1 aromatic rings. The Hall–Kier alpha value is -1.20. The third kappa shape index (κ3) is 4.44. The lowest BCUT2D eigenvalue weighted by molar-refractivity contribution is -0.0499. The molecule has 2 atom stereocenters. The molecule has 1 aromatic carbocycles. The number of ether oxygens (including phenoxy) is 2. The molecule has 0 bridgehead atoms. The van der Waals surface area contributed by atoms with Crippen LogP contribution >= 0.6 is 0 Å². The predicted octanol–water partition coefficient (Wildman–Crippen LogP) is 3.25. The summed E-state index contributed by atoms with van der Waals surface area (Å²) in [4.78, 5) is 0. The van der Waals surface area contributed by atoms with Gasteiger partial charge >= 0.3 is 6.61 Å². The first kappa shape index (κ1) is 14.2. The summed E-state index contributed by atoms with van der Waals surface area (Å²) in [6.07, 6.45) is 4.18. The Morgan fingerprint density at radius 3 is 2.95 bits per heavy atom. The summed E-state index contributed by atoms with van der Waals surface area (Å²) < 4.78 is 34.2. The van der Waals surface area contributed by atoms with Gasteiger partial charge in [-0.05, 0) is 43.4 Å². The third-order valence-corrected chi connectivity index (χ3v) is 3.34. The molecule has 0 spiro atoms. The molecule has 5 heteroatoms. The topological polar surface area (TPSA) is 44.5 Å². The van der Waals surface area contributed by atoms with Gasteiger partial charge in [-0.1, -0.05) is 12.1 Å². The minimum atomic E-state index is -2.81. The minimum absolute atomic E-state index is 0.153. The summed E-state index contributed by atoms with van der Waals surface area (Å²) in [6, 6.07) is 6.41. The van der Waals surface area contributed by atoms with Gasteiger partial charge in [-0.3, -0.25) is 0 Å². The van der Waals surface area contributed by atoms with Gasteiger partial charge in [0.05, 0.1) is 6.10 Å². The summed E-state index contributed by atoms with van der Waals surface area (Å²) in [5, 5.41) is 0. The molecule has 1 heterocycles. The summed E-state index contributed by atoms with van der Waals surface area (Å²) in [5.74, 6) is 0.153. The van der Waals surface area contributed by atoms with Crippen LogP contribution in [-0.2, 0) is 4.74 Å². The van der Waals surface area contributed by atoms with E-state index in [1.54, 1.807) is 12.1 Å². The monoisotopic (exact) mass is 271 g/mol. The Bertz CT molecular complexity index is 395. The van der Waals surface area contributed by atoms with Crippen molar-refractivity contribution in [2.24, 2.45) is 5.73 Å². The van der Waals surface area contributed by atoms with E-state index in [1.807, 2.05) is 6.07 Å². The quantitative estimate of drug-likeness (QED) is 0.863. The fraction of sp³-hybridized carbons (Fsp3) is 0.571. The SMILES string of the molecule is NC(CCC1CCCO1)c1cccc(OC(F)F)c1. The molecule has 2 unspecified atom stereocenters. The Morgan fingerprint density at radius 2 is 2.26 bits per heavy atom. The molecule has 0 aromatic heterocycles. The van der Waals surface area contributed by atoms with Gasteiger partial charge < -0.3 is 15.2 Å².